The van der Waals surface area contributed by atoms with E-state index in [1.54, 1.807) is 30.5 Å². The quantitative estimate of drug-likeness (QED) is 0.536. The van der Waals surface area contributed by atoms with E-state index < -0.39 is 5.76 Å². The summed E-state index contributed by atoms with van der Waals surface area (Å²) in [7, 11) is 0. The van der Waals surface area contributed by atoms with Gasteiger partial charge < -0.3 is 14.3 Å². The summed E-state index contributed by atoms with van der Waals surface area (Å²) in [6, 6.07) is 17.2. The molecule has 2 aromatic heterocycles. The Bertz CT molecular complexity index is 1140. The highest BCUT2D eigenvalue weighted by atomic mass is 16.4. The van der Waals surface area contributed by atoms with E-state index in [1.807, 2.05) is 24.4 Å². The molecule has 7 nitrogen and oxygen atoms in total. The summed E-state index contributed by atoms with van der Waals surface area (Å²) in [5.41, 5.74) is 2.28. The van der Waals surface area contributed by atoms with Gasteiger partial charge in [-0.3, -0.25) is 9.36 Å². The third-order valence-electron chi connectivity index (χ3n) is 4.54. The Morgan fingerprint density at radius 2 is 1.86 bits per heavy atom. The first kappa shape index (κ1) is 17.8. The van der Waals surface area contributed by atoms with Crippen molar-refractivity contribution in [1.29, 1.82) is 0 Å². The van der Waals surface area contributed by atoms with E-state index in [1.165, 1.54) is 10.1 Å². The minimum Gasteiger partial charge on any atom is -0.408 e. The number of nitrogens with one attached hydrogen (secondary N) is 1. The SMILES string of the molecule is O=C(Cn1c(=O)oc2ccccc21)NCCc1nccn1Cc1ccccc1. The molecular weight excluding hydrogens is 356 g/mol. The van der Waals surface area contributed by atoms with Crippen molar-refractivity contribution in [3.8, 4) is 0 Å². The molecule has 0 aliphatic heterocycles. The molecule has 0 spiro atoms. The number of nitrogens with zero attached hydrogens (tertiary/aromatic N) is 3. The Morgan fingerprint density at radius 3 is 2.71 bits per heavy atom. The molecule has 28 heavy (non-hydrogen) atoms. The Balaban J connectivity index is 1.34. The number of fused-ring (bicyclic) bond motifs is 1. The van der Waals surface area contributed by atoms with E-state index in [4.69, 9.17) is 4.42 Å². The molecule has 7 heteroatoms. The van der Waals surface area contributed by atoms with Gasteiger partial charge in [0.15, 0.2) is 5.58 Å². The van der Waals surface area contributed by atoms with Gasteiger partial charge in [-0.25, -0.2) is 9.78 Å². The first-order valence-electron chi connectivity index (χ1n) is 9.10. The molecule has 0 aliphatic carbocycles. The summed E-state index contributed by atoms with van der Waals surface area (Å²) in [5, 5.41) is 2.85. The second kappa shape index (κ2) is 7.96. The van der Waals surface area contributed by atoms with Crippen LogP contribution in [0.2, 0.25) is 0 Å². The maximum atomic E-state index is 12.3. The Labute approximate surface area is 161 Å². The van der Waals surface area contributed by atoms with E-state index in [0.717, 1.165) is 12.4 Å². The molecule has 142 valence electrons. The van der Waals surface area contributed by atoms with Crippen LogP contribution in [0, 0.1) is 0 Å². The molecule has 0 saturated heterocycles. The second-order valence-corrected chi connectivity index (χ2v) is 6.48. The highest BCUT2D eigenvalue weighted by Crippen LogP contribution is 2.11. The Hall–Kier alpha value is -3.61. The standard InChI is InChI=1S/C21H20N4O3/c26-20(15-25-17-8-4-5-9-18(17)28-21(25)27)23-11-10-19-22-12-13-24(19)14-16-6-2-1-3-7-16/h1-9,12-13H,10-11,14-15H2,(H,23,26). The normalized spacial score (nSPS) is 11.0. The third-order valence-corrected chi connectivity index (χ3v) is 4.54. The lowest BCUT2D eigenvalue weighted by Crippen LogP contribution is -2.32. The van der Waals surface area contributed by atoms with Crippen LogP contribution in [0.3, 0.4) is 0 Å². The molecule has 4 rings (SSSR count). The van der Waals surface area contributed by atoms with Crippen LogP contribution >= 0.6 is 0 Å². The van der Waals surface area contributed by atoms with Crippen LogP contribution in [0.4, 0.5) is 0 Å². The van der Waals surface area contributed by atoms with Crippen molar-refractivity contribution in [2.75, 3.05) is 6.54 Å². The molecule has 4 aromatic rings. The number of imidazole rings is 1. The molecule has 0 atom stereocenters. The fourth-order valence-corrected chi connectivity index (χ4v) is 3.17. The fourth-order valence-electron chi connectivity index (χ4n) is 3.17. The van der Waals surface area contributed by atoms with Gasteiger partial charge in [-0.1, -0.05) is 42.5 Å². The number of carbonyl (C=O) groups is 1. The van der Waals surface area contributed by atoms with Gasteiger partial charge in [0.1, 0.15) is 12.4 Å². The number of aromatic nitrogens is 3. The summed E-state index contributed by atoms with van der Waals surface area (Å²) in [6.45, 7) is 1.10. The molecule has 0 fully saturated rings. The number of hydrogen-bond acceptors (Lipinski definition) is 4. The topological polar surface area (TPSA) is 82.1 Å². The molecule has 2 aromatic carbocycles. The van der Waals surface area contributed by atoms with Crippen molar-refractivity contribution < 1.29 is 9.21 Å². The number of carbonyl (C=O) groups excluding carboxylic acids is 1. The van der Waals surface area contributed by atoms with Crippen molar-refractivity contribution >= 4 is 17.0 Å². The highest BCUT2D eigenvalue weighted by molar-refractivity contribution is 5.79. The maximum Gasteiger partial charge on any atom is 0.420 e. The average molecular weight is 376 g/mol. The van der Waals surface area contributed by atoms with Gasteiger partial charge in [-0.2, -0.15) is 0 Å². The van der Waals surface area contributed by atoms with Crippen molar-refractivity contribution in [1.82, 2.24) is 19.4 Å². The zero-order chi connectivity index (χ0) is 19.3. The fraction of sp³-hybridized carbons (Fsp3) is 0.190. The molecule has 0 radical (unpaired) electrons. The van der Waals surface area contributed by atoms with Crippen LogP contribution in [-0.2, 0) is 24.3 Å². The number of hydrogen-bond donors (Lipinski definition) is 1. The summed E-state index contributed by atoms with van der Waals surface area (Å²) in [4.78, 5) is 28.6. The van der Waals surface area contributed by atoms with Crippen LogP contribution in [-0.4, -0.2) is 26.6 Å². The first-order chi connectivity index (χ1) is 13.7. The van der Waals surface area contributed by atoms with Gasteiger partial charge in [-0.15, -0.1) is 0 Å². The lowest BCUT2D eigenvalue weighted by Gasteiger charge is -2.09. The molecule has 0 aliphatic rings. The van der Waals surface area contributed by atoms with Crippen LogP contribution in [0.25, 0.3) is 11.1 Å². The predicted molar refractivity (Wildman–Crippen MR) is 105 cm³/mol. The van der Waals surface area contributed by atoms with E-state index >= 15 is 0 Å². The number of amides is 1. The third kappa shape index (κ3) is 3.88. The van der Waals surface area contributed by atoms with Crippen molar-refractivity contribution in [3.63, 3.8) is 0 Å². The molecular formula is C21H20N4O3. The van der Waals surface area contributed by atoms with E-state index in [2.05, 4.69) is 27.0 Å². The minimum atomic E-state index is -0.533. The minimum absolute atomic E-state index is 0.0751. The number of para-hydroxylation sites is 2. The molecule has 0 unspecified atom stereocenters. The molecule has 1 N–H and O–H groups in total. The largest absolute Gasteiger partial charge is 0.420 e. The lowest BCUT2D eigenvalue weighted by atomic mass is 10.2. The van der Waals surface area contributed by atoms with Crippen LogP contribution in [0.15, 0.2) is 76.2 Å². The Morgan fingerprint density at radius 1 is 1.07 bits per heavy atom. The summed E-state index contributed by atoms with van der Waals surface area (Å²) >= 11 is 0. The molecule has 0 bridgehead atoms. The zero-order valence-corrected chi connectivity index (χ0v) is 15.2. The first-order valence-corrected chi connectivity index (χ1v) is 9.10. The smallest absolute Gasteiger partial charge is 0.408 e. The van der Waals surface area contributed by atoms with E-state index in [0.29, 0.717) is 24.1 Å². The number of benzene rings is 2. The molecule has 1 amide bonds. The van der Waals surface area contributed by atoms with Gasteiger partial charge in [0.2, 0.25) is 5.91 Å². The van der Waals surface area contributed by atoms with Gasteiger partial charge in [0.05, 0.1) is 5.52 Å². The second-order valence-electron chi connectivity index (χ2n) is 6.48. The number of oxazole rings is 1. The highest BCUT2D eigenvalue weighted by Gasteiger charge is 2.12. The van der Waals surface area contributed by atoms with Crippen LogP contribution in [0.5, 0.6) is 0 Å². The summed E-state index contributed by atoms with van der Waals surface area (Å²) < 4.78 is 8.55. The van der Waals surface area contributed by atoms with Gasteiger partial charge in [-0.05, 0) is 17.7 Å². The predicted octanol–water partition coefficient (Wildman–Crippen LogP) is 2.20. The van der Waals surface area contributed by atoms with E-state index in [9.17, 15) is 9.59 Å². The lowest BCUT2D eigenvalue weighted by molar-refractivity contribution is -0.121. The van der Waals surface area contributed by atoms with E-state index in [-0.39, 0.29) is 12.5 Å². The van der Waals surface area contributed by atoms with Crippen LogP contribution in [0.1, 0.15) is 11.4 Å². The molecule has 0 saturated carbocycles. The molecule has 2 heterocycles. The number of rotatable bonds is 7. The Kier molecular flexibility index (Phi) is 5.05. The summed E-state index contributed by atoms with van der Waals surface area (Å²) in [5.74, 6) is 0.125. The zero-order valence-electron chi connectivity index (χ0n) is 15.2. The maximum absolute atomic E-state index is 12.3. The summed E-state index contributed by atoms with van der Waals surface area (Å²) in [6.07, 6.45) is 4.30. The van der Waals surface area contributed by atoms with Crippen LogP contribution < -0.4 is 11.1 Å². The van der Waals surface area contributed by atoms with Crippen molar-refractivity contribution in [3.05, 3.63) is 88.9 Å². The van der Waals surface area contributed by atoms with Gasteiger partial charge in [0.25, 0.3) is 0 Å². The van der Waals surface area contributed by atoms with Crippen molar-refractivity contribution in [2.24, 2.45) is 0 Å². The van der Waals surface area contributed by atoms with Crippen molar-refractivity contribution in [2.45, 2.75) is 19.5 Å². The van der Waals surface area contributed by atoms with Gasteiger partial charge >= 0.3 is 5.76 Å². The monoisotopic (exact) mass is 376 g/mol. The average Bonchev–Trinajstić information content (AvgIpc) is 3.27. The van der Waals surface area contributed by atoms with Gasteiger partial charge in [0, 0.05) is 31.9 Å².